The lowest BCUT2D eigenvalue weighted by Gasteiger charge is -2.30. The standard InChI is InChI=1S/C12H20N2OS/c1-9(2)12-13-11(8-16-12)7-14-4-5-15-10(3)6-14/h8-10H,4-7H2,1-3H3/t10-/m0/s1. The van der Waals surface area contributed by atoms with Gasteiger partial charge >= 0.3 is 0 Å². The topological polar surface area (TPSA) is 25.4 Å². The van der Waals surface area contributed by atoms with Crippen LogP contribution in [0, 0.1) is 0 Å². The smallest absolute Gasteiger partial charge is 0.0954 e. The zero-order valence-electron chi connectivity index (χ0n) is 10.3. The van der Waals surface area contributed by atoms with Crippen molar-refractivity contribution in [2.75, 3.05) is 19.7 Å². The van der Waals surface area contributed by atoms with Gasteiger partial charge in [0.05, 0.1) is 23.4 Å². The van der Waals surface area contributed by atoms with E-state index < -0.39 is 0 Å². The molecule has 1 saturated heterocycles. The first kappa shape index (κ1) is 12.0. The third-order valence-corrected chi connectivity index (χ3v) is 3.97. The molecule has 1 aliphatic rings. The number of hydrogen-bond donors (Lipinski definition) is 0. The Kier molecular flexibility index (Phi) is 3.95. The molecule has 0 bridgehead atoms. The van der Waals surface area contributed by atoms with E-state index >= 15 is 0 Å². The summed E-state index contributed by atoms with van der Waals surface area (Å²) in [5, 5.41) is 3.44. The molecule has 0 saturated carbocycles. The SMILES string of the molecule is CC(C)c1nc(CN2CCO[C@@H](C)C2)cs1. The summed E-state index contributed by atoms with van der Waals surface area (Å²) in [6, 6.07) is 0. The molecule has 1 atom stereocenters. The zero-order valence-corrected chi connectivity index (χ0v) is 11.1. The van der Waals surface area contributed by atoms with E-state index in [-0.39, 0.29) is 0 Å². The second kappa shape index (κ2) is 5.25. The van der Waals surface area contributed by atoms with Gasteiger partial charge in [-0.3, -0.25) is 4.90 Å². The van der Waals surface area contributed by atoms with E-state index in [9.17, 15) is 0 Å². The molecule has 2 rings (SSSR count). The van der Waals surface area contributed by atoms with Crippen LogP contribution in [0.1, 0.15) is 37.4 Å². The lowest BCUT2D eigenvalue weighted by molar-refractivity contribution is -0.0215. The molecule has 1 aromatic heterocycles. The van der Waals surface area contributed by atoms with Crippen LogP contribution >= 0.6 is 11.3 Å². The molecule has 90 valence electrons. The molecule has 2 heterocycles. The van der Waals surface area contributed by atoms with Crippen LogP contribution in [-0.4, -0.2) is 35.7 Å². The zero-order chi connectivity index (χ0) is 11.5. The van der Waals surface area contributed by atoms with E-state index in [4.69, 9.17) is 4.74 Å². The minimum Gasteiger partial charge on any atom is -0.376 e. The van der Waals surface area contributed by atoms with Crippen molar-refractivity contribution in [3.8, 4) is 0 Å². The number of thiazole rings is 1. The van der Waals surface area contributed by atoms with Gasteiger partial charge in [-0.05, 0) is 6.92 Å². The normalized spacial score (nSPS) is 22.9. The summed E-state index contributed by atoms with van der Waals surface area (Å²) in [5.41, 5.74) is 1.21. The summed E-state index contributed by atoms with van der Waals surface area (Å²) >= 11 is 1.78. The molecule has 0 unspecified atom stereocenters. The van der Waals surface area contributed by atoms with Crippen LogP contribution < -0.4 is 0 Å². The number of nitrogens with zero attached hydrogens (tertiary/aromatic N) is 2. The number of morpholine rings is 1. The maximum Gasteiger partial charge on any atom is 0.0954 e. The summed E-state index contributed by atoms with van der Waals surface area (Å²) in [5.74, 6) is 0.544. The molecule has 0 radical (unpaired) electrons. The molecule has 3 nitrogen and oxygen atoms in total. The maximum absolute atomic E-state index is 5.53. The molecule has 0 aliphatic carbocycles. The van der Waals surface area contributed by atoms with Crippen molar-refractivity contribution in [2.24, 2.45) is 0 Å². The second-order valence-corrected chi connectivity index (χ2v) is 5.64. The molecule has 1 aromatic rings. The number of ether oxygens (including phenoxy) is 1. The Balaban J connectivity index is 1.92. The van der Waals surface area contributed by atoms with Crippen molar-refractivity contribution in [1.82, 2.24) is 9.88 Å². The molecule has 0 amide bonds. The molecule has 1 aliphatic heterocycles. The van der Waals surface area contributed by atoms with Crippen molar-refractivity contribution in [3.05, 3.63) is 16.1 Å². The predicted octanol–water partition coefficient (Wildman–Crippen LogP) is 2.49. The fraction of sp³-hybridized carbons (Fsp3) is 0.750. The van der Waals surface area contributed by atoms with E-state index in [0.29, 0.717) is 12.0 Å². The van der Waals surface area contributed by atoms with Gasteiger partial charge in [-0.15, -0.1) is 11.3 Å². The quantitative estimate of drug-likeness (QED) is 0.811. The van der Waals surface area contributed by atoms with E-state index in [2.05, 4.69) is 36.0 Å². The highest BCUT2D eigenvalue weighted by Crippen LogP contribution is 2.20. The Bertz CT molecular complexity index is 338. The van der Waals surface area contributed by atoms with Crippen molar-refractivity contribution in [3.63, 3.8) is 0 Å². The highest BCUT2D eigenvalue weighted by molar-refractivity contribution is 7.09. The second-order valence-electron chi connectivity index (χ2n) is 4.75. The van der Waals surface area contributed by atoms with Crippen LogP contribution in [0.4, 0.5) is 0 Å². The first-order valence-electron chi connectivity index (χ1n) is 5.93. The lowest BCUT2D eigenvalue weighted by Crippen LogP contribution is -2.40. The molecule has 0 spiro atoms. The lowest BCUT2D eigenvalue weighted by atomic mass is 10.2. The molecular formula is C12H20N2OS. The summed E-state index contributed by atoms with van der Waals surface area (Å²) in [6.45, 7) is 10.4. The Morgan fingerprint density at radius 3 is 3.06 bits per heavy atom. The molecular weight excluding hydrogens is 220 g/mol. The van der Waals surface area contributed by atoms with E-state index in [1.165, 1.54) is 10.7 Å². The van der Waals surface area contributed by atoms with Gasteiger partial charge in [-0.25, -0.2) is 4.98 Å². The minimum absolute atomic E-state index is 0.358. The Morgan fingerprint density at radius 2 is 2.44 bits per heavy atom. The van der Waals surface area contributed by atoms with Gasteiger partial charge in [-0.1, -0.05) is 13.8 Å². The largest absolute Gasteiger partial charge is 0.376 e. The van der Waals surface area contributed by atoms with E-state index in [1.54, 1.807) is 11.3 Å². The average Bonchev–Trinajstić information content (AvgIpc) is 2.66. The van der Waals surface area contributed by atoms with E-state index in [0.717, 1.165) is 26.2 Å². The van der Waals surface area contributed by atoms with E-state index in [1.807, 2.05) is 0 Å². The summed E-state index contributed by atoms with van der Waals surface area (Å²) in [4.78, 5) is 7.09. The fourth-order valence-corrected chi connectivity index (χ4v) is 2.75. The Labute approximate surface area is 101 Å². The molecule has 4 heteroatoms. The first-order valence-corrected chi connectivity index (χ1v) is 6.81. The predicted molar refractivity (Wildman–Crippen MR) is 66.9 cm³/mol. The van der Waals surface area contributed by atoms with Crippen LogP contribution in [-0.2, 0) is 11.3 Å². The van der Waals surface area contributed by atoms with Crippen molar-refractivity contribution < 1.29 is 4.74 Å². The summed E-state index contributed by atoms with van der Waals surface area (Å²) < 4.78 is 5.53. The highest BCUT2D eigenvalue weighted by atomic mass is 32.1. The molecule has 16 heavy (non-hydrogen) atoms. The van der Waals surface area contributed by atoms with Crippen molar-refractivity contribution in [2.45, 2.75) is 39.3 Å². The molecule has 0 aromatic carbocycles. The van der Waals surface area contributed by atoms with Gasteiger partial charge < -0.3 is 4.74 Å². The maximum atomic E-state index is 5.53. The van der Waals surface area contributed by atoms with Crippen LogP contribution in [0.3, 0.4) is 0 Å². The van der Waals surface area contributed by atoms with Gasteiger partial charge in [0.1, 0.15) is 0 Å². The minimum atomic E-state index is 0.358. The van der Waals surface area contributed by atoms with Gasteiger partial charge in [0.25, 0.3) is 0 Å². The molecule has 1 fully saturated rings. The first-order chi connectivity index (χ1) is 7.65. The van der Waals surface area contributed by atoms with Crippen LogP contribution in [0.2, 0.25) is 0 Å². The van der Waals surface area contributed by atoms with Crippen molar-refractivity contribution >= 4 is 11.3 Å². The number of rotatable bonds is 3. The van der Waals surface area contributed by atoms with Gasteiger partial charge in [0.2, 0.25) is 0 Å². The van der Waals surface area contributed by atoms with Crippen LogP contribution in [0.25, 0.3) is 0 Å². The third kappa shape index (κ3) is 3.03. The van der Waals surface area contributed by atoms with Crippen LogP contribution in [0.15, 0.2) is 5.38 Å². The van der Waals surface area contributed by atoms with Gasteiger partial charge in [0.15, 0.2) is 0 Å². The van der Waals surface area contributed by atoms with Gasteiger partial charge in [0, 0.05) is 30.9 Å². The van der Waals surface area contributed by atoms with Crippen molar-refractivity contribution in [1.29, 1.82) is 0 Å². The van der Waals surface area contributed by atoms with Gasteiger partial charge in [-0.2, -0.15) is 0 Å². The fourth-order valence-electron chi connectivity index (χ4n) is 1.92. The van der Waals surface area contributed by atoms with Crippen LogP contribution in [0.5, 0.6) is 0 Å². The molecule has 0 N–H and O–H groups in total. The third-order valence-electron chi connectivity index (χ3n) is 2.77. The highest BCUT2D eigenvalue weighted by Gasteiger charge is 2.17. The number of aromatic nitrogens is 1. The monoisotopic (exact) mass is 240 g/mol. The number of hydrogen-bond acceptors (Lipinski definition) is 4. The summed E-state index contributed by atoms with van der Waals surface area (Å²) in [7, 11) is 0. The Hall–Kier alpha value is -0.450. The Morgan fingerprint density at radius 1 is 1.62 bits per heavy atom. The average molecular weight is 240 g/mol. The summed E-state index contributed by atoms with van der Waals surface area (Å²) in [6.07, 6.45) is 0.358.